The van der Waals surface area contributed by atoms with Crippen molar-refractivity contribution in [1.82, 2.24) is 10.2 Å². The van der Waals surface area contributed by atoms with Crippen molar-refractivity contribution in [3.05, 3.63) is 47.5 Å². The third kappa shape index (κ3) is 5.36. The zero-order valence-electron chi connectivity index (χ0n) is 13.3. The predicted molar refractivity (Wildman–Crippen MR) is 85.7 cm³/mol. The topological polar surface area (TPSA) is 15.3 Å². The number of hydrogen-bond donors (Lipinski definition) is 1. The molecule has 0 radical (unpaired) electrons. The van der Waals surface area contributed by atoms with Crippen molar-refractivity contribution in [1.29, 1.82) is 0 Å². The summed E-state index contributed by atoms with van der Waals surface area (Å²) < 4.78 is 78.4. The Morgan fingerprint density at radius 2 is 1.68 bits per heavy atom. The van der Waals surface area contributed by atoms with E-state index < -0.39 is 29.5 Å². The van der Waals surface area contributed by atoms with Gasteiger partial charge in [-0.25, -0.2) is 0 Å². The molecule has 25 heavy (non-hydrogen) atoms. The first kappa shape index (κ1) is 21.8. The van der Waals surface area contributed by atoms with Gasteiger partial charge in [0.1, 0.15) is 0 Å². The molecule has 0 aliphatic carbocycles. The van der Waals surface area contributed by atoms with E-state index in [0.717, 1.165) is 6.07 Å². The molecule has 1 aliphatic rings. The molecule has 0 aromatic heterocycles. The molecule has 2 rings (SSSR count). The van der Waals surface area contributed by atoms with E-state index in [1.807, 2.05) is 4.90 Å². The monoisotopic (exact) mass is 388 g/mol. The van der Waals surface area contributed by atoms with Gasteiger partial charge in [0.25, 0.3) is 0 Å². The predicted octanol–water partition coefficient (Wildman–Crippen LogP) is 4.67. The molecular weight excluding hydrogens is 370 g/mol. The summed E-state index contributed by atoms with van der Waals surface area (Å²) in [5, 5.41) is 3.10. The number of alkyl halides is 6. The molecule has 1 heterocycles. The van der Waals surface area contributed by atoms with Crippen molar-refractivity contribution in [3.63, 3.8) is 0 Å². The minimum atomic E-state index is -4.86. The SMILES string of the molecule is C=CC[C@@H](c1ccc(C(F)(F)F)cc1C(F)(F)F)N1CCNCC1.Cl. The van der Waals surface area contributed by atoms with Gasteiger partial charge in [0.15, 0.2) is 0 Å². The van der Waals surface area contributed by atoms with Crippen LogP contribution in [-0.2, 0) is 12.4 Å². The van der Waals surface area contributed by atoms with Crippen LogP contribution in [0.2, 0.25) is 0 Å². The Kier molecular flexibility index (Phi) is 7.34. The molecule has 0 unspecified atom stereocenters. The van der Waals surface area contributed by atoms with E-state index in [9.17, 15) is 26.3 Å². The van der Waals surface area contributed by atoms with Gasteiger partial charge in [0.2, 0.25) is 0 Å². The van der Waals surface area contributed by atoms with Crippen molar-refractivity contribution in [2.45, 2.75) is 24.8 Å². The second-order valence-electron chi connectivity index (χ2n) is 5.62. The summed E-state index contributed by atoms with van der Waals surface area (Å²) in [5.41, 5.74) is -2.67. The average molecular weight is 389 g/mol. The Morgan fingerprint density at radius 3 is 2.16 bits per heavy atom. The van der Waals surface area contributed by atoms with E-state index in [1.165, 1.54) is 6.08 Å². The first-order valence-corrected chi connectivity index (χ1v) is 7.48. The Morgan fingerprint density at radius 1 is 1.08 bits per heavy atom. The lowest BCUT2D eigenvalue weighted by atomic mass is 9.93. The molecule has 0 amide bonds. The van der Waals surface area contributed by atoms with Crippen LogP contribution in [0.25, 0.3) is 0 Å². The lowest BCUT2D eigenvalue weighted by Crippen LogP contribution is -2.45. The minimum absolute atomic E-state index is 0. The summed E-state index contributed by atoms with van der Waals surface area (Å²) in [6.45, 7) is 5.86. The van der Waals surface area contributed by atoms with E-state index in [-0.39, 0.29) is 30.5 Å². The number of piperazine rings is 1. The van der Waals surface area contributed by atoms with Crippen molar-refractivity contribution < 1.29 is 26.3 Å². The number of halogens is 7. The maximum absolute atomic E-state index is 13.4. The molecule has 0 saturated carbocycles. The molecule has 2 nitrogen and oxygen atoms in total. The van der Waals surface area contributed by atoms with Gasteiger partial charge < -0.3 is 5.32 Å². The summed E-state index contributed by atoms with van der Waals surface area (Å²) in [5.74, 6) is 0. The lowest BCUT2D eigenvalue weighted by Gasteiger charge is -2.36. The quantitative estimate of drug-likeness (QED) is 0.595. The Labute approximate surface area is 148 Å². The summed E-state index contributed by atoms with van der Waals surface area (Å²) in [6.07, 6.45) is -7.95. The number of nitrogens with zero attached hydrogens (tertiary/aromatic N) is 1. The maximum Gasteiger partial charge on any atom is 0.416 e. The molecular formula is C16H19ClF6N2. The Hall–Kier alpha value is -1.25. The smallest absolute Gasteiger partial charge is 0.314 e. The molecule has 1 atom stereocenters. The first-order valence-electron chi connectivity index (χ1n) is 7.48. The van der Waals surface area contributed by atoms with Gasteiger partial charge in [-0.05, 0) is 24.1 Å². The van der Waals surface area contributed by atoms with Gasteiger partial charge >= 0.3 is 12.4 Å². The van der Waals surface area contributed by atoms with Crippen molar-refractivity contribution in [2.75, 3.05) is 26.2 Å². The molecule has 9 heteroatoms. The summed E-state index contributed by atoms with van der Waals surface area (Å²) in [4.78, 5) is 1.84. The standard InChI is InChI=1S/C16H18F6N2.ClH/c1-2-3-14(24-8-6-23-7-9-24)12-5-4-11(15(17,18)19)10-13(12)16(20,21)22;/h2,4-5,10,14,23H,1,3,6-9H2;1H/t14-;/m0./s1. The van der Waals surface area contributed by atoms with E-state index in [0.29, 0.717) is 32.2 Å². The highest BCUT2D eigenvalue weighted by Gasteiger charge is 2.40. The van der Waals surface area contributed by atoms with Gasteiger partial charge in [-0.1, -0.05) is 12.1 Å². The van der Waals surface area contributed by atoms with Crippen LogP contribution in [0.15, 0.2) is 30.9 Å². The molecule has 0 spiro atoms. The lowest BCUT2D eigenvalue weighted by molar-refractivity contribution is -0.143. The van der Waals surface area contributed by atoms with Crippen molar-refractivity contribution in [2.24, 2.45) is 0 Å². The number of rotatable bonds is 4. The van der Waals surface area contributed by atoms with Crippen LogP contribution in [0.1, 0.15) is 29.2 Å². The van der Waals surface area contributed by atoms with Crippen molar-refractivity contribution >= 4 is 12.4 Å². The van der Waals surface area contributed by atoms with Gasteiger partial charge in [-0.2, -0.15) is 26.3 Å². The average Bonchev–Trinajstić information content (AvgIpc) is 2.51. The van der Waals surface area contributed by atoms with Gasteiger partial charge in [-0.3, -0.25) is 4.90 Å². The van der Waals surface area contributed by atoms with E-state index in [4.69, 9.17) is 0 Å². The van der Waals surface area contributed by atoms with Gasteiger partial charge in [0, 0.05) is 32.2 Å². The summed E-state index contributed by atoms with van der Waals surface area (Å²) >= 11 is 0. The highest BCUT2D eigenvalue weighted by atomic mass is 35.5. The Bertz CT molecular complexity index is 579. The summed E-state index contributed by atoms with van der Waals surface area (Å²) in [6, 6.07) is 1.21. The molecule has 1 aliphatic heterocycles. The van der Waals surface area contributed by atoms with Crippen molar-refractivity contribution in [3.8, 4) is 0 Å². The third-order valence-electron chi connectivity index (χ3n) is 4.03. The minimum Gasteiger partial charge on any atom is -0.314 e. The second-order valence-corrected chi connectivity index (χ2v) is 5.62. The fourth-order valence-electron chi connectivity index (χ4n) is 2.89. The highest BCUT2D eigenvalue weighted by Crippen LogP contribution is 2.41. The molecule has 0 bridgehead atoms. The normalized spacial score (nSPS) is 17.7. The fourth-order valence-corrected chi connectivity index (χ4v) is 2.89. The van der Waals surface area contributed by atoms with Gasteiger partial charge in [0.05, 0.1) is 11.1 Å². The third-order valence-corrected chi connectivity index (χ3v) is 4.03. The van der Waals surface area contributed by atoms with Crippen LogP contribution in [0.3, 0.4) is 0 Å². The number of nitrogens with one attached hydrogen (secondary N) is 1. The van der Waals surface area contributed by atoms with Crippen LogP contribution in [0, 0.1) is 0 Å². The van der Waals surface area contributed by atoms with Crippen LogP contribution < -0.4 is 5.32 Å². The van der Waals surface area contributed by atoms with Crippen LogP contribution in [-0.4, -0.2) is 31.1 Å². The zero-order chi connectivity index (χ0) is 18.0. The molecule has 1 aromatic rings. The first-order chi connectivity index (χ1) is 11.1. The number of hydrogen-bond acceptors (Lipinski definition) is 2. The molecule has 1 saturated heterocycles. The summed E-state index contributed by atoms with van der Waals surface area (Å²) in [7, 11) is 0. The van der Waals surface area contributed by atoms with Crippen LogP contribution in [0.5, 0.6) is 0 Å². The maximum atomic E-state index is 13.4. The zero-order valence-corrected chi connectivity index (χ0v) is 14.1. The molecule has 1 aromatic carbocycles. The van der Waals surface area contributed by atoms with E-state index in [2.05, 4.69) is 11.9 Å². The van der Waals surface area contributed by atoms with Crippen LogP contribution >= 0.6 is 12.4 Å². The largest absolute Gasteiger partial charge is 0.416 e. The second kappa shape index (κ2) is 8.42. The van der Waals surface area contributed by atoms with E-state index in [1.54, 1.807) is 0 Å². The Balaban J connectivity index is 0.00000312. The highest BCUT2D eigenvalue weighted by molar-refractivity contribution is 5.85. The van der Waals surface area contributed by atoms with Gasteiger partial charge in [-0.15, -0.1) is 19.0 Å². The molecule has 142 valence electrons. The van der Waals surface area contributed by atoms with E-state index >= 15 is 0 Å². The molecule has 1 N–H and O–H groups in total. The number of benzene rings is 1. The fraction of sp³-hybridized carbons (Fsp3) is 0.500. The molecule has 1 fully saturated rings. The van der Waals surface area contributed by atoms with Crippen LogP contribution in [0.4, 0.5) is 26.3 Å².